The van der Waals surface area contributed by atoms with Crippen LogP contribution >= 0.6 is 0 Å². The van der Waals surface area contributed by atoms with Gasteiger partial charge in [0.2, 0.25) is 11.8 Å². The Hall–Kier alpha value is -3.35. The number of amides is 2. The first-order valence-corrected chi connectivity index (χ1v) is 8.67. The summed E-state index contributed by atoms with van der Waals surface area (Å²) in [6, 6.07) is 11.0. The molecule has 0 saturated carbocycles. The maximum atomic E-state index is 12.4. The third-order valence-corrected chi connectivity index (χ3v) is 4.56. The Balaban J connectivity index is 1.78. The van der Waals surface area contributed by atoms with Crippen molar-refractivity contribution in [2.24, 2.45) is 0 Å². The van der Waals surface area contributed by atoms with Crippen LogP contribution in [0.3, 0.4) is 0 Å². The number of piperazine rings is 1. The van der Waals surface area contributed by atoms with Gasteiger partial charge in [-0.2, -0.15) is 0 Å². The van der Waals surface area contributed by atoms with Crippen LogP contribution in [0.5, 0.6) is 17.2 Å². The molecule has 2 aromatic rings. The van der Waals surface area contributed by atoms with Gasteiger partial charge >= 0.3 is 5.97 Å². The molecule has 5 aliphatic heterocycles. The first-order valence-electron chi connectivity index (χ1n) is 8.67. The lowest BCUT2D eigenvalue weighted by molar-refractivity contribution is -0.136. The van der Waals surface area contributed by atoms with Crippen LogP contribution in [0.4, 0.5) is 0 Å². The summed E-state index contributed by atoms with van der Waals surface area (Å²) in [6.45, 7) is 1.32. The maximum Gasteiger partial charge on any atom is 0.308 e. The molecule has 2 atom stereocenters. The van der Waals surface area contributed by atoms with E-state index in [0.29, 0.717) is 30.1 Å². The number of rotatable bonds is 1. The average Bonchev–Trinajstić information content (AvgIpc) is 2.62. The minimum absolute atomic E-state index is 0.200. The van der Waals surface area contributed by atoms with Crippen LogP contribution in [0.15, 0.2) is 42.5 Å². The molecule has 138 valence electrons. The zero-order valence-electron chi connectivity index (χ0n) is 14.7. The van der Waals surface area contributed by atoms with Crippen molar-refractivity contribution in [1.82, 2.24) is 10.6 Å². The van der Waals surface area contributed by atoms with Gasteiger partial charge in [-0.15, -0.1) is 0 Å². The number of ether oxygens (including phenoxy) is 2. The highest BCUT2D eigenvalue weighted by atomic mass is 16.6. The van der Waals surface area contributed by atoms with E-state index in [1.807, 2.05) is 12.1 Å². The molecule has 0 unspecified atom stereocenters. The molecule has 1 saturated heterocycles. The summed E-state index contributed by atoms with van der Waals surface area (Å²) >= 11 is 0. The van der Waals surface area contributed by atoms with Crippen molar-refractivity contribution in [3.8, 4) is 17.2 Å². The molecule has 7 heteroatoms. The van der Waals surface area contributed by atoms with Crippen LogP contribution in [0.1, 0.15) is 18.1 Å². The summed E-state index contributed by atoms with van der Waals surface area (Å²) in [5.74, 6) is 0.364. The number of nitrogens with one attached hydrogen (secondary N) is 2. The molecule has 0 radical (unpaired) electrons. The molecule has 2 amide bonds. The fourth-order valence-electron chi connectivity index (χ4n) is 3.25. The summed E-state index contributed by atoms with van der Waals surface area (Å²) in [7, 11) is 0. The summed E-state index contributed by atoms with van der Waals surface area (Å²) in [5, 5.41) is 5.59. The van der Waals surface area contributed by atoms with Gasteiger partial charge in [-0.3, -0.25) is 14.4 Å². The lowest BCUT2D eigenvalue weighted by Gasteiger charge is -2.30. The van der Waals surface area contributed by atoms with E-state index >= 15 is 0 Å². The van der Waals surface area contributed by atoms with E-state index in [4.69, 9.17) is 9.47 Å². The highest BCUT2D eigenvalue weighted by Gasteiger charge is 2.34. The van der Waals surface area contributed by atoms with Gasteiger partial charge in [0.25, 0.3) is 0 Å². The quantitative estimate of drug-likeness (QED) is 0.589. The topological polar surface area (TPSA) is 93.7 Å². The Morgan fingerprint density at radius 3 is 2.19 bits per heavy atom. The highest BCUT2D eigenvalue weighted by Crippen LogP contribution is 2.33. The minimum Gasteiger partial charge on any atom is -0.453 e. The van der Waals surface area contributed by atoms with Crippen molar-refractivity contribution >= 4 is 17.8 Å². The second kappa shape index (κ2) is 6.75. The highest BCUT2D eigenvalue weighted by molar-refractivity contribution is 5.97. The molecule has 5 aliphatic rings. The van der Waals surface area contributed by atoms with Crippen molar-refractivity contribution < 1.29 is 23.9 Å². The smallest absolute Gasteiger partial charge is 0.308 e. The van der Waals surface area contributed by atoms with Crippen LogP contribution < -0.4 is 20.1 Å². The van der Waals surface area contributed by atoms with Gasteiger partial charge in [-0.05, 0) is 35.4 Å². The molecule has 0 aliphatic carbocycles. The van der Waals surface area contributed by atoms with E-state index in [-0.39, 0.29) is 11.8 Å². The van der Waals surface area contributed by atoms with E-state index < -0.39 is 18.1 Å². The molecule has 5 heterocycles. The fraction of sp³-hybridized carbons (Fsp3) is 0.250. The molecule has 6 bridgehead atoms. The van der Waals surface area contributed by atoms with Crippen molar-refractivity contribution in [2.45, 2.75) is 31.8 Å². The summed E-state index contributed by atoms with van der Waals surface area (Å²) in [6.07, 6.45) is 0.702. The third kappa shape index (κ3) is 3.62. The molecule has 7 nitrogen and oxygen atoms in total. The Morgan fingerprint density at radius 2 is 1.56 bits per heavy atom. The molecule has 0 spiro atoms. The number of esters is 1. The lowest BCUT2D eigenvalue weighted by atomic mass is 9.98. The number of carbonyl (C=O) groups excluding carboxylic acids is 3. The van der Waals surface area contributed by atoms with E-state index in [2.05, 4.69) is 10.6 Å². The molecule has 7 rings (SSSR count). The monoisotopic (exact) mass is 366 g/mol. The molecule has 0 aromatic heterocycles. The summed E-state index contributed by atoms with van der Waals surface area (Å²) in [4.78, 5) is 36.2. The Bertz CT molecular complexity index is 922. The van der Waals surface area contributed by atoms with Gasteiger partial charge in [-0.1, -0.05) is 18.2 Å². The molecular formula is C20H18N2O5. The van der Waals surface area contributed by atoms with Crippen molar-refractivity contribution in [3.63, 3.8) is 0 Å². The molecule has 1 fully saturated rings. The van der Waals surface area contributed by atoms with Gasteiger partial charge in [-0.25, -0.2) is 0 Å². The Morgan fingerprint density at radius 1 is 0.963 bits per heavy atom. The molecule has 2 aromatic carbocycles. The largest absolute Gasteiger partial charge is 0.453 e. The lowest BCUT2D eigenvalue weighted by Crippen LogP contribution is -2.62. The maximum absolute atomic E-state index is 12.4. The van der Waals surface area contributed by atoms with E-state index in [1.165, 1.54) is 6.92 Å². The first-order chi connectivity index (χ1) is 13.0. The number of benzene rings is 2. The second-order valence-corrected chi connectivity index (χ2v) is 6.65. The molecular weight excluding hydrogens is 348 g/mol. The fourth-order valence-corrected chi connectivity index (χ4v) is 3.25. The SMILES string of the molecule is CC(=O)Oc1ccc2cc1Oc1ccc(cc1)C[C@H]1NC(=O)[C@@H](C2)NC1=O. The van der Waals surface area contributed by atoms with Gasteiger partial charge in [0.15, 0.2) is 11.5 Å². The van der Waals surface area contributed by atoms with Crippen LogP contribution in [0, 0.1) is 0 Å². The zero-order chi connectivity index (χ0) is 19.0. The summed E-state index contributed by atoms with van der Waals surface area (Å²) < 4.78 is 11.1. The van der Waals surface area contributed by atoms with Gasteiger partial charge in [0.05, 0.1) is 0 Å². The van der Waals surface area contributed by atoms with E-state index in [9.17, 15) is 14.4 Å². The standard InChI is InChI=1S/C20H18N2O5/c1-11(23)26-17-7-4-13-9-16-20(25)21-15(19(24)22-16)8-12-2-5-14(6-3-12)27-18(17)10-13/h2-7,10,15-16H,8-9H2,1H3,(H,21,25)(H,22,24)/t15-,16-/m1/s1. The van der Waals surface area contributed by atoms with Gasteiger partial charge < -0.3 is 20.1 Å². The molecule has 2 N–H and O–H groups in total. The first kappa shape index (κ1) is 17.1. The zero-order valence-corrected chi connectivity index (χ0v) is 14.7. The predicted octanol–water partition coefficient (Wildman–Crippen LogP) is 1.49. The predicted molar refractivity (Wildman–Crippen MR) is 95.5 cm³/mol. The third-order valence-electron chi connectivity index (χ3n) is 4.56. The number of hydrogen-bond donors (Lipinski definition) is 2. The molecule has 27 heavy (non-hydrogen) atoms. The van der Waals surface area contributed by atoms with Crippen LogP contribution in [-0.4, -0.2) is 29.9 Å². The Labute approximate surface area is 155 Å². The van der Waals surface area contributed by atoms with E-state index in [1.54, 1.807) is 30.3 Å². The number of carbonyl (C=O) groups is 3. The minimum atomic E-state index is -0.662. The normalized spacial score (nSPS) is 20.9. The van der Waals surface area contributed by atoms with Crippen molar-refractivity contribution in [3.05, 3.63) is 53.6 Å². The van der Waals surface area contributed by atoms with Crippen molar-refractivity contribution in [2.75, 3.05) is 0 Å². The van der Waals surface area contributed by atoms with Crippen LogP contribution in [0.25, 0.3) is 0 Å². The van der Waals surface area contributed by atoms with Gasteiger partial charge in [0.1, 0.15) is 17.8 Å². The van der Waals surface area contributed by atoms with Crippen molar-refractivity contribution in [1.29, 1.82) is 0 Å². The van der Waals surface area contributed by atoms with Crippen LogP contribution in [0.2, 0.25) is 0 Å². The van der Waals surface area contributed by atoms with Gasteiger partial charge in [0, 0.05) is 19.8 Å². The second-order valence-electron chi connectivity index (χ2n) is 6.65. The Kier molecular flexibility index (Phi) is 4.27. The summed E-state index contributed by atoms with van der Waals surface area (Å²) in [5.41, 5.74) is 1.67. The average molecular weight is 366 g/mol. The van der Waals surface area contributed by atoms with Crippen LogP contribution in [-0.2, 0) is 27.2 Å². The van der Waals surface area contributed by atoms with E-state index in [0.717, 1.165) is 11.1 Å². The number of hydrogen-bond acceptors (Lipinski definition) is 5.